The van der Waals surface area contributed by atoms with E-state index in [1.807, 2.05) is 6.07 Å². The number of unbranched alkanes of at least 4 members (excludes halogenated alkanes) is 1. The number of piperidine rings is 1. The minimum atomic E-state index is 0. The molecule has 1 saturated heterocycles. The molecule has 29 heavy (non-hydrogen) atoms. The first-order chi connectivity index (χ1) is 13.7. The molecule has 3 nitrogen and oxygen atoms in total. The predicted octanol–water partition coefficient (Wildman–Crippen LogP) is 1.40. The van der Waals surface area contributed by atoms with Crippen LogP contribution in [0, 0.1) is 5.92 Å². The number of quaternary nitrogens is 1. The van der Waals surface area contributed by atoms with Crippen LogP contribution in [0.5, 0.6) is 11.5 Å². The third-order valence-electron chi connectivity index (χ3n) is 5.40. The van der Waals surface area contributed by atoms with E-state index in [9.17, 15) is 0 Å². The summed E-state index contributed by atoms with van der Waals surface area (Å²) >= 11 is 0. The SMILES string of the molecule is CC(C)Oc1cccc(CCCCc2ccccc2OCC2CCC[NH2+]C2)c1.[Cl-]. The van der Waals surface area contributed by atoms with Gasteiger partial charge >= 0.3 is 0 Å². The van der Waals surface area contributed by atoms with E-state index < -0.39 is 0 Å². The molecule has 4 heteroatoms. The Bertz CT molecular complexity index is 713. The van der Waals surface area contributed by atoms with Crippen LogP contribution in [0.15, 0.2) is 48.5 Å². The second-order valence-electron chi connectivity index (χ2n) is 8.26. The topological polar surface area (TPSA) is 35.1 Å². The Hall–Kier alpha value is -1.71. The maximum atomic E-state index is 6.21. The van der Waals surface area contributed by atoms with Gasteiger partial charge in [-0.15, -0.1) is 0 Å². The van der Waals surface area contributed by atoms with Crippen molar-refractivity contribution < 1.29 is 27.2 Å². The zero-order valence-electron chi connectivity index (χ0n) is 17.9. The van der Waals surface area contributed by atoms with Gasteiger partial charge in [-0.2, -0.15) is 0 Å². The van der Waals surface area contributed by atoms with Crippen LogP contribution in [-0.4, -0.2) is 25.8 Å². The van der Waals surface area contributed by atoms with Gasteiger partial charge < -0.3 is 27.2 Å². The third kappa shape index (κ3) is 8.28. The average molecular weight is 418 g/mol. The Balaban J connectivity index is 0.00000300. The summed E-state index contributed by atoms with van der Waals surface area (Å²) in [5.74, 6) is 2.76. The third-order valence-corrected chi connectivity index (χ3v) is 5.40. The van der Waals surface area contributed by atoms with Crippen molar-refractivity contribution in [1.82, 2.24) is 0 Å². The Kier molecular flexibility index (Phi) is 10.4. The molecule has 1 aliphatic heterocycles. The molecule has 3 rings (SSSR count). The summed E-state index contributed by atoms with van der Waals surface area (Å²) in [6.45, 7) is 7.48. The Morgan fingerprint density at radius 1 is 1.03 bits per heavy atom. The summed E-state index contributed by atoms with van der Waals surface area (Å²) in [4.78, 5) is 0. The second kappa shape index (κ2) is 12.8. The molecule has 0 saturated carbocycles. The number of para-hydroxylation sites is 1. The molecule has 1 heterocycles. The van der Waals surface area contributed by atoms with Crippen LogP contribution in [-0.2, 0) is 12.8 Å². The second-order valence-corrected chi connectivity index (χ2v) is 8.26. The van der Waals surface area contributed by atoms with Crippen molar-refractivity contribution in [3.63, 3.8) is 0 Å². The molecular formula is C25H36ClNO2. The molecule has 0 amide bonds. The molecule has 0 bridgehead atoms. The first kappa shape index (κ1) is 23.6. The predicted molar refractivity (Wildman–Crippen MR) is 115 cm³/mol. The minimum Gasteiger partial charge on any atom is -1.00 e. The summed E-state index contributed by atoms with van der Waals surface area (Å²) in [5.41, 5.74) is 2.70. The van der Waals surface area contributed by atoms with E-state index >= 15 is 0 Å². The van der Waals surface area contributed by atoms with Gasteiger partial charge in [0.1, 0.15) is 11.5 Å². The van der Waals surface area contributed by atoms with Crippen molar-refractivity contribution in [2.45, 2.75) is 58.5 Å². The Labute approximate surface area is 182 Å². The Morgan fingerprint density at radius 3 is 2.66 bits per heavy atom. The van der Waals surface area contributed by atoms with Gasteiger partial charge in [0.05, 0.1) is 25.8 Å². The molecule has 1 unspecified atom stereocenters. The molecular weight excluding hydrogens is 382 g/mol. The molecule has 160 valence electrons. The molecule has 0 radical (unpaired) electrons. The number of rotatable bonds is 10. The van der Waals surface area contributed by atoms with Crippen molar-refractivity contribution in [3.05, 3.63) is 59.7 Å². The van der Waals surface area contributed by atoms with Gasteiger partial charge in [-0.25, -0.2) is 0 Å². The van der Waals surface area contributed by atoms with E-state index in [2.05, 4.69) is 61.6 Å². The minimum absolute atomic E-state index is 0. The standard InChI is InChI=1S/C25H35NO2.ClH/c1-20(2)28-24-14-7-10-21(17-24)9-3-4-12-23-13-5-6-15-25(23)27-19-22-11-8-16-26-18-22;/h5-7,10,13-15,17,20,22,26H,3-4,8-9,11-12,16,18-19H2,1-2H3;1H. The number of aryl methyl sites for hydroxylation is 2. The summed E-state index contributed by atoms with van der Waals surface area (Å²) in [6, 6.07) is 17.1. The summed E-state index contributed by atoms with van der Waals surface area (Å²) in [5, 5.41) is 2.42. The lowest BCUT2D eigenvalue weighted by molar-refractivity contribution is -0.669. The van der Waals surface area contributed by atoms with Gasteiger partial charge in [0.25, 0.3) is 0 Å². The normalized spacial score (nSPS) is 16.3. The van der Waals surface area contributed by atoms with E-state index in [-0.39, 0.29) is 18.5 Å². The number of benzene rings is 2. The number of ether oxygens (including phenoxy) is 2. The van der Waals surface area contributed by atoms with E-state index in [1.165, 1.54) is 49.9 Å². The summed E-state index contributed by atoms with van der Waals surface area (Å²) in [7, 11) is 0. The molecule has 0 aromatic heterocycles. The van der Waals surface area contributed by atoms with Gasteiger partial charge in [0.15, 0.2) is 0 Å². The average Bonchev–Trinajstić information content (AvgIpc) is 2.71. The van der Waals surface area contributed by atoms with Crippen molar-refractivity contribution >= 4 is 0 Å². The Morgan fingerprint density at radius 2 is 1.86 bits per heavy atom. The fourth-order valence-electron chi connectivity index (χ4n) is 3.92. The van der Waals surface area contributed by atoms with Crippen molar-refractivity contribution in [2.24, 2.45) is 5.92 Å². The van der Waals surface area contributed by atoms with Gasteiger partial charge in [-0.05, 0) is 81.7 Å². The highest BCUT2D eigenvalue weighted by atomic mass is 35.5. The quantitative estimate of drug-likeness (QED) is 0.593. The van der Waals surface area contributed by atoms with Crippen molar-refractivity contribution in [1.29, 1.82) is 0 Å². The number of hydrogen-bond acceptors (Lipinski definition) is 2. The molecule has 1 atom stereocenters. The molecule has 2 aromatic rings. The number of nitrogens with two attached hydrogens (primary N) is 1. The summed E-state index contributed by atoms with van der Waals surface area (Å²) in [6.07, 6.45) is 7.37. The summed E-state index contributed by atoms with van der Waals surface area (Å²) < 4.78 is 12.0. The van der Waals surface area contributed by atoms with Gasteiger partial charge in [0, 0.05) is 5.92 Å². The molecule has 0 aliphatic carbocycles. The molecule has 0 spiro atoms. The van der Waals surface area contributed by atoms with E-state index in [4.69, 9.17) is 9.47 Å². The molecule has 2 aromatic carbocycles. The maximum Gasteiger partial charge on any atom is 0.122 e. The number of hydrogen-bond donors (Lipinski definition) is 1. The first-order valence-corrected chi connectivity index (χ1v) is 11.0. The van der Waals surface area contributed by atoms with Gasteiger partial charge in [0.2, 0.25) is 0 Å². The largest absolute Gasteiger partial charge is 1.00 e. The zero-order valence-corrected chi connectivity index (χ0v) is 18.7. The highest BCUT2D eigenvalue weighted by Gasteiger charge is 2.17. The monoisotopic (exact) mass is 417 g/mol. The highest BCUT2D eigenvalue weighted by molar-refractivity contribution is 5.33. The lowest BCUT2D eigenvalue weighted by Crippen LogP contribution is -3.00. The van der Waals surface area contributed by atoms with Crippen LogP contribution < -0.4 is 27.2 Å². The fourth-order valence-corrected chi connectivity index (χ4v) is 3.92. The van der Waals surface area contributed by atoms with Crippen molar-refractivity contribution in [3.8, 4) is 11.5 Å². The van der Waals surface area contributed by atoms with E-state index in [1.54, 1.807) is 0 Å². The fraction of sp³-hybridized carbons (Fsp3) is 0.520. The van der Waals surface area contributed by atoms with Crippen molar-refractivity contribution in [2.75, 3.05) is 19.7 Å². The highest BCUT2D eigenvalue weighted by Crippen LogP contribution is 2.22. The maximum absolute atomic E-state index is 6.21. The van der Waals surface area contributed by atoms with Gasteiger partial charge in [-0.3, -0.25) is 0 Å². The zero-order chi connectivity index (χ0) is 19.6. The van der Waals surface area contributed by atoms with E-state index in [0.717, 1.165) is 30.9 Å². The van der Waals surface area contributed by atoms with Crippen LogP contribution in [0.4, 0.5) is 0 Å². The number of halogens is 1. The molecule has 1 fully saturated rings. The molecule has 2 N–H and O–H groups in total. The van der Waals surface area contributed by atoms with Crippen LogP contribution >= 0.6 is 0 Å². The van der Waals surface area contributed by atoms with Crippen LogP contribution in [0.3, 0.4) is 0 Å². The van der Waals surface area contributed by atoms with Crippen LogP contribution in [0.2, 0.25) is 0 Å². The lowest BCUT2D eigenvalue weighted by Gasteiger charge is -2.21. The van der Waals surface area contributed by atoms with Crippen LogP contribution in [0.1, 0.15) is 50.7 Å². The lowest BCUT2D eigenvalue weighted by atomic mass is 10.0. The smallest absolute Gasteiger partial charge is 0.122 e. The molecule has 1 aliphatic rings. The first-order valence-electron chi connectivity index (χ1n) is 11.0. The van der Waals surface area contributed by atoms with Gasteiger partial charge in [-0.1, -0.05) is 30.3 Å². The van der Waals surface area contributed by atoms with E-state index in [0.29, 0.717) is 5.92 Å². The van der Waals surface area contributed by atoms with Crippen LogP contribution in [0.25, 0.3) is 0 Å².